The standard InChI is InChI=1S/C14H21ClN2O4S/c1-5-21-12-7-6-11(15)8-13(12)22(19,20)17-10(4)14(18)16-9(2)3/h6-10,17H,5H2,1-4H3,(H,16,18). The smallest absolute Gasteiger partial charge is 0.245 e. The molecular formula is C14H21ClN2O4S. The zero-order valence-electron chi connectivity index (χ0n) is 13.0. The monoisotopic (exact) mass is 348 g/mol. The Morgan fingerprint density at radius 1 is 1.32 bits per heavy atom. The number of halogens is 1. The lowest BCUT2D eigenvalue weighted by atomic mass is 10.3. The lowest BCUT2D eigenvalue weighted by molar-refractivity contribution is -0.122. The number of carbonyl (C=O) groups excluding carboxylic acids is 1. The van der Waals surface area contributed by atoms with Crippen molar-refractivity contribution in [2.45, 2.75) is 44.7 Å². The number of hydrogen-bond acceptors (Lipinski definition) is 4. The second-order valence-corrected chi connectivity index (χ2v) is 7.15. The van der Waals surface area contributed by atoms with Crippen molar-refractivity contribution in [2.75, 3.05) is 6.61 Å². The Morgan fingerprint density at radius 2 is 1.95 bits per heavy atom. The summed E-state index contributed by atoms with van der Waals surface area (Å²) in [7, 11) is -3.94. The molecule has 22 heavy (non-hydrogen) atoms. The lowest BCUT2D eigenvalue weighted by Gasteiger charge is -2.17. The van der Waals surface area contributed by atoms with Gasteiger partial charge in [0.05, 0.1) is 12.6 Å². The molecule has 8 heteroatoms. The van der Waals surface area contributed by atoms with Gasteiger partial charge in [0.25, 0.3) is 0 Å². The van der Waals surface area contributed by atoms with Gasteiger partial charge in [0.2, 0.25) is 15.9 Å². The lowest BCUT2D eigenvalue weighted by Crippen LogP contribution is -2.46. The summed E-state index contributed by atoms with van der Waals surface area (Å²) in [4.78, 5) is 11.8. The van der Waals surface area contributed by atoms with Crippen molar-refractivity contribution in [3.8, 4) is 5.75 Å². The van der Waals surface area contributed by atoms with Gasteiger partial charge in [-0.05, 0) is 45.9 Å². The fourth-order valence-electron chi connectivity index (χ4n) is 1.73. The number of hydrogen-bond donors (Lipinski definition) is 2. The van der Waals surface area contributed by atoms with Crippen LogP contribution in [0.3, 0.4) is 0 Å². The molecule has 1 aromatic rings. The highest BCUT2D eigenvalue weighted by Gasteiger charge is 2.25. The fourth-order valence-corrected chi connectivity index (χ4v) is 3.34. The minimum Gasteiger partial charge on any atom is -0.492 e. The topological polar surface area (TPSA) is 84.5 Å². The highest BCUT2D eigenvalue weighted by molar-refractivity contribution is 7.89. The zero-order chi connectivity index (χ0) is 16.9. The van der Waals surface area contributed by atoms with Gasteiger partial charge in [0.15, 0.2) is 0 Å². The van der Waals surface area contributed by atoms with Crippen molar-refractivity contribution >= 4 is 27.5 Å². The van der Waals surface area contributed by atoms with Gasteiger partial charge >= 0.3 is 0 Å². The molecule has 124 valence electrons. The van der Waals surface area contributed by atoms with Crippen LogP contribution >= 0.6 is 11.6 Å². The summed E-state index contributed by atoms with van der Waals surface area (Å²) < 4.78 is 32.5. The third kappa shape index (κ3) is 5.15. The van der Waals surface area contributed by atoms with E-state index in [0.29, 0.717) is 6.61 Å². The van der Waals surface area contributed by atoms with Crippen LogP contribution in [0.1, 0.15) is 27.7 Å². The van der Waals surface area contributed by atoms with Gasteiger partial charge in [-0.25, -0.2) is 8.42 Å². The number of rotatable bonds is 7. The van der Waals surface area contributed by atoms with E-state index in [-0.39, 0.29) is 21.7 Å². The first-order valence-electron chi connectivity index (χ1n) is 6.92. The van der Waals surface area contributed by atoms with Crippen molar-refractivity contribution in [3.63, 3.8) is 0 Å². The third-order valence-electron chi connectivity index (χ3n) is 2.65. The minimum atomic E-state index is -3.94. The molecule has 0 fully saturated rings. The van der Waals surface area contributed by atoms with Crippen LogP contribution in [0.5, 0.6) is 5.75 Å². The normalized spacial score (nSPS) is 13.0. The summed E-state index contributed by atoms with van der Waals surface area (Å²) in [5.74, 6) is -0.213. The molecule has 0 spiro atoms. The van der Waals surface area contributed by atoms with Crippen LogP contribution in [0.4, 0.5) is 0 Å². The Balaban J connectivity index is 3.04. The minimum absolute atomic E-state index is 0.0791. The third-order valence-corrected chi connectivity index (χ3v) is 4.45. The van der Waals surface area contributed by atoms with Gasteiger partial charge in [-0.15, -0.1) is 0 Å². The van der Waals surface area contributed by atoms with Crippen molar-refractivity contribution in [2.24, 2.45) is 0 Å². The molecule has 1 aromatic carbocycles. The Hall–Kier alpha value is -1.31. The Kier molecular flexibility index (Phi) is 6.65. The summed E-state index contributed by atoms with van der Waals surface area (Å²) in [6.07, 6.45) is 0. The molecule has 1 rings (SSSR count). The molecule has 0 aliphatic rings. The van der Waals surface area contributed by atoms with Crippen LogP contribution in [0.25, 0.3) is 0 Å². The molecule has 0 bridgehead atoms. The molecule has 0 aromatic heterocycles. The molecule has 2 N–H and O–H groups in total. The van der Waals surface area contributed by atoms with E-state index in [0.717, 1.165) is 0 Å². The van der Waals surface area contributed by atoms with Crippen LogP contribution in [0.15, 0.2) is 23.1 Å². The summed E-state index contributed by atoms with van der Waals surface area (Å²) in [6.45, 7) is 7.12. The Labute approximate surface area is 136 Å². The summed E-state index contributed by atoms with van der Waals surface area (Å²) >= 11 is 5.86. The maximum atomic E-state index is 12.5. The van der Waals surface area contributed by atoms with Crippen LogP contribution in [-0.2, 0) is 14.8 Å². The first kappa shape index (κ1) is 18.7. The van der Waals surface area contributed by atoms with E-state index in [9.17, 15) is 13.2 Å². The molecule has 0 radical (unpaired) electrons. The summed E-state index contributed by atoms with van der Waals surface area (Å²) in [6, 6.07) is 3.33. The second-order valence-electron chi connectivity index (χ2n) is 5.03. The number of carbonyl (C=O) groups is 1. The quantitative estimate of drug-likeness (QED) is 0.788. The first-order chi connectivity index (χ1) is 10.2. The maximum absolute atomic E-state index is 12.5. The SMILES string of the molecule is CCOc1ccc(Cl)cc1S(=O)(=O)NC(C)C(=O)NC(C)C. The van der Waals surface area contributed by atoms with Crippen LogP contribution in [0, 0.1) is 0 Å². The molecule has 0 aliphatic heterocycles. The van der Waals surface area contributed by atoms with E-state index in [1.807, 2.05) is 0 Å². The number of sulfonamides is 1. The largest absolute Gasteiger partial charge is 0.492 e. The molecular weight excluding hydrogens is 328 g/mol. The van der Waals surface area contributed by atoms with E-state index in [1.54, 1.807) is 26.8 Å². The van der Waals surface area contributed by atoms with Gasteiger partial charge in [0, 0.05) is 11.1 Å². The van der Waals surface area contributed by atoms with Crippen molar-refractivity contribution in [1.29, 1.82) is 0 Å². The average molecular weight is 349 g/mol. The second kappa shape index (κ2) is 7.80. The van der Waals surface area contributed by atoms with Gasteiger partial charge in [-0.1, -0.05) is 11.6 Å². The van der Waals surface area contributed by atoms with E-state index in [4.69, 9.17) is 16.3 Å². The first-order valence-corrected chi connectivity index (χ1v) is 8.78. The molecule has 1 atom stereocenters. The van der Waals surface area contributed by atoms with Gasteiger partial charge < -0.3 is 10.1 Å². The average Bonchev–Trinajstić information content (AvgIpc) is 2.39. The number of benzene rings is 1. The molecule has 0 saturated carbocycles. The molecule has 0 aliphatic carbocycles. The van der Waals surface area contributed by atoms with E-state index in [2.05, 4.69) is 10.0 Å². The highest BCUT2D eigenvalue weighted by Crippen LogP contribution is 2.27. The highest BCUT2D eigenvalue weighted by atomic mass is 35.5. The van der Waals surface area contributed by atoms with Gasteiger partial charge in [-0.3, -0.25) is 4.79 Å². The number of ether oxygens (including phenoxy) is 1. The number of nitrogens with one attached hydrogen (secondary N) is 2. The molecule has 0 saturated heterocycles. The predicted molar refractivity (Wildman–Crippen MR) is 85.7 cm³/mol. The van der Waals surface area contributed by atoms with Crippen molar-refractivity contribution in [1.82, 2.24) is 10.0 Å². The molecule has 0 heterocycles. The van der Waals surface area contributed by atoms with Crippen LogP contribution in [-0.4, -0.2) is 33.0 Å². The predicted octanol–water partition coefficient (Wildman–Crippen LogP) is 1.93. The van der Waals surface area contributed by atoms with Crippen molar-refractivity contribution < 1.29 is 17.9 Å². The molecule has 1 amide bonds. The molecule has 1 unspecified atom stereocenters. The maximum Gasteiger partial charge on any atom is 0.245 e. The summed E-state index contributed by atoms with van der Waals surface area (Å²) in [5, 5.41) is 2.91. The van der Waals surface area contributed by atoms with E-state index >= 15 is 0 Å². The Bertz CT molecular complexity index is 632. The van der Waals surface area contributed by atoms with Crippen molar-refractivity contribution in [3.05, 3.63) is 23.2 Å². The zero-order valence-corrected chi connectivity index (χ0v) is 14.6. The van der Waals surface area contributed by atoms with E-state index in [1.165, 1.54) is 19.1 Å². The van der Waals surface area contributed by atoms with Gasteiger partial charge in [0.1, 0.15) is 10.6 Å². The summed E-state index contributed by atoms with van der Waals surface area (Å²) in [5.41, 5.74) is 0. The Morgan fingerprint density at radius 3 is 2.50 bits per heavy atom. The van der Waals surface area contributed by atoms with Crippen LogP contribution < -0.4 is 14.8 Å². The van der Waals surface area contributed by atoms with Crippen LogP contribution in [0.2, 0.25) is 5.02 Å². The van der Waals surface area contributed by atoms with Gasteiger partial charge in [-0.2, -0.15) is 4.72 Å². The number of amides is 1. The molecule has 6 nitrogen and oxygen atoms in total. The van der Waals surface area contributed by atoms with E-state index < -0.39 is 22.0 Å². The fraction of sp³-hybridized carbons (Fsp3) is 0.500.